The zero-order valence-electron chi connectivity index (χ0n) is 11.0. The van der Waals surface area contributed by atoms with Crippen LogP contribution in [0.2, 0.25) is 0 Å². The average Bonchev–Trinajstić information content (AvgIpc) is 2.92. The average molecular weight is 395 g/mol. The van der Waals surface area contributed by atoms with Gasteiger partial charge in [-0.15, -0.1) is 0 Å². The van der Waals surface area contributed by atoms with Crippen molar-refractivity contribution in [3.63, 3.8) is 0 Å². The number of allylic oxidation sites excluding steroid dienone is 8. The molecular formula is C16H22Ta. The normalized spacial score (nSPS) is 18.7. The number of rotatable bonds is 6. The van der Waals surface area contributed by atoms with E-state index in [1.165, 1.54) is 38.5 Å². The summed E-state index contributed by atoms with van der Waals surface area (Å²) in [6.07, 6.45) is 17.3. The fourth-order valence-electron chi connectivity index (χ4n) is 2.47. The van der Waals surface area contributed by atoms with E-state index in [9.17, 15) is 0 Å². The van der Waals surface area contributed by atoms with Crippen molar-refractivity contribution in [3.05, 3.63) is 43.0 Å². The van der Waals surface area contributed by atoms with E-state index < -0.39 is 19.8 Å². The standard InChI is InChI=1S/2C8H11.Ta/c2*1-2-5-8-6-3-4-7-8;/h2*3,6H,2,4-5H2,1H3;. The van der Waals surface area contributed by atoms with E-state index >= 15 is 0 Å². The van der Waals surface area contributed by atoms with E-state index in [4.69, 9.17) is 0 Å². The van der Waals surface area contributed by atoms with Gasteiger partial charge in [0.05, 0.1) is 0 Å². The van der Waals surface area contributed by atoms with Crippen molar-refractivity contribution in [2.75, 3.05) is 0 Å². The van der Waals surface area contributed by atoms with Gasteiger partial charge in [-0.3, -0.25) is 0 Å². The van der Waals surface area contributed by atoms with Gasteiger partial charge in [-0.2, -0.15) is 0 Å². The van der Waals surface area contributed by atoms with Crippen molar-refractivity contribution in [2.24, 2.45) is 0 Å². The second-order valence-electron chi connectivity index (χ2n) is 4.77. The van der Waals surface area contributed by atoms with Gasteiger partial charge in [-0.1, -0.05) is 0 Å². The molecule has 0 saturated heterocycles. The maximum atomic E-state index is 2.39. The topological polar surface area (TPSA) is 0 Å². The zero-order chi connectivity index (χ0) is 12.1. The minimum absolute atomic E-state index is 0.546. The van der Waals surface area contributed by atoms with E-state index in [0.29, 0.717) is 0 Å². The first-order valence-electron chi connectivity index (χ1n) is 6.84. The molecule has 2 aliphatic carbocycles. The Kier molecular flexibility index (Phi) is 5.09. The Labute approximate surface area is 115 Å². The fourth-order valence-corrected chi connectivity index (χ4v) is 7.43. The summed E-state index contributed by atoms with van der Waals surface area (Å²) in [4.78, 5) is 0. The molecule has 91 valence electrons. The fraction of sp³-hybridized carbons (Fsp3) is 0.500. The second-order valence-corrected chi connectivity index (χ2v) is 9.45. The summed E-state index contributed by atoms with van der Waals surface area (Å²) in [5.41, 5.74) is 3.39. The van der Waals surface area contributed by atoms with Crippen LogP contribution in [0.3, 0.4) is 0 Å². The summed E-state index contributed by atoms with van der Waals surface area (Å²) in [5.74, 6) is 0. The van der Waals surface area contributed by atoms with Gasteiger partial charge in [0.15, 0.2) is 0 Å². The summed E-state index contributed by atoms with van der Waals surface area (Å²) in [5, 5.41) is 0. The summed E-state index contributed by atoms with van der Waals surface area (Å²) >= 11 is -0.546. The molecule has 0 aromatic heterocycles. The van der Waals surface area contributed by atoms with E-state index in [-0.39, 0.29) is 0 Å². The van der Waals surface area contributed by atoms with Crippen LogP contribution in [0.25, 0.3) is 0 Å². The molecular weight excluding hydrogens is 373 g/mol. The molecule has 0 heterocycles. The predicted molar refractivity (Wildman–Crippen MR) is 71.4 cm³/mol. The van der Waals surface area contributed by atoms with Crippen LogP contribution in [0.4, 0.5) is 0 Å². The first-order valence-corrected chi connectivity index (χ1v) is 10.0. The molecule has 0 aromatic rings. The molecule has 0 spiro atoms. The monoisotopic (exact) mass is 395 g/mol. The molecule has 2 rings (SSSR count). The van der Waals surface area contributed by atoms with Gasteiger partial charge in [0.25, 0.3) is 0 Å². The van der Waals surface area contributed by atoms with E-state index in [1.54, 1.807) is 11.1 Å². The van der Waals surface area contributed by atoms with Crippen LogP contribution >= 0.6 is 0 Å². The molecule has 0 fully saturated rings. The molecule has 0 aromatic carbocycles. The van der Waals surface area contributed by atoms with Crippen LogP contribution < -0.4 is 0 Å². The van der Waals surface area contributed by atoms with E-state index in [1.807, 2.05) is 7.58 Å². The van der Waals surface area contributed by atoms with Crippen molar-refractivity contribution in [2.45, 2.75) is 52.4 Å². The molecule has 0 radical (unpaired) electrons. The second kappa shape index (κ2) is 6.58. The zero-order valence-corrected chi connectivity index (χ0v) is 14.2. The van der Waals surface area contributed by atoms with Crippen LogP contribution in [0.15, 0.2) is 43.0 Å². The predicted octanol–water partition coefficient (Wildman–Crippen LogP) is 5.10. The SMILES string of the molecule is CCCC1=[C]([Ta][C]2=C(CCC)C=CC2)CC=C1. The molecule has 2 aliphatic rings. The third-order valence-corrected chi connectivity index (χ3v) is 8.63. The molecule has 0 unspecified atom stereocenters. The van der Waals surface area contributed by atoms with Gasteiger partial charge in [0.1, 0.15) is 0 Å². The Hall–Kier alpha value is -0.300. The molecule has 0 aliphatic heterocycles. The molecule has 0 nitrogen and oxygen atoms in total. The Morgan fingerprint density at radius 2 is 1.35 bits per heavy atom. The molecule has 0 amide bonds. The van der Waals surface area contributed by atoms with Gasteiger partial charge >= 0.3 is 115 Å². The molecule has 0 bridgehead atoms. The quantitative estimate of drug-likeness (QED) is 0.587. The van der Waals surface area contributed by atoms with Crippen LogP contribution in [0, 0.1) is 0 Å². The first kappa shape index (κ1) is 13.1. The summed E-state index contributed by atoms with van der Waals surface area (Å²) in [7, 11) is 0. The summed E-state index contributed by atoms with van der Waals surface area (Å²) in [6.45, 7) is 4.59. The Morgan fingerprint density at radius 3 is 1.76 bits per heavy atom. The maximum absolute atomic E-state index is 2.39. The van der Waals surface area contributed by atoms with Gasteiger partial charge in [0, 0.05) is 0 Å². The third-order valence-electron chi connectivity index (χ3n) is 3.31. The minimum atomic E-state index is -0.546. The molecule has 0 saturated carbocycles. The van der Waals surface area contributed by atoms with E-state index in [0.717, 1.165) is 0 Å². The Bertz CT molecular complexity index is 356. The van der Waals surface area contributed by atoms with Crippen LogP contribution in [0.5, 0.6) is 0 Å². The molecule has 0 N–H and O–H groups in total. The number of hydrogen-bond acceptors (Lipinski definition) is 0. The van der Waals surface area contributed by atoms with Gasteiger partial charge in [-0.25, -0.2) is 0 Å². The summed E-state index contributed by atoms with van der Waals surface area (Å²) < 4.78 is 3.72. The van der Waals surface area contributed by atoms with Crippen molar-refractivity contribution in [1.29, 1.82) is 0 Å². The van der Waals surface area contributed by atoms with Gasteiger partial charge in [-0.05, 0) is 0 Å². The van der Waals surface area contributed by atoms with Crippen LogP contribution in [0.1, 0.15) is 52.4 Å². The van der Waals surface area contributed by atoms with E-state index in [2.05, 4.69) is 38.2 Å². The van der Waals surface area contributed by atoms with Crippen molar-refractivity contribution < 1.29 is 19.8 Å². The van der Waals surface area contributed by atoms with Crippen LogP contribution in [-0.4, -0.2) is 0 Å². The van der Waals surface area contributed by atoms with Crippen molar-refractivity contribution >= 4 is 0 Å². The first-order chi connectivity index (χ1) is 8.35. The molecule has 0 atom stereocenters. The Morgan fingerprint density at radius 1 is 0.882 bits per heavy atom. The third kappa shape index (κ3) is 3.34. The van der Waals surface area contributed by atoms with Gasteiger partial charge in [0.2, 0.25) is 0 Å². The van der Waals surface area contributed by atoms with Gasteiger partial charge < -0.3 is 0 Å². The van der Waals surface area contributed by atoms with Crippen molar-refractivity contribution in [3.8, 4) is 0 Å². The summed E-state index contributed by atoms with van der Waals surface area (Å²) in [6, 6.07) is 0. The molecule has 1 heteroatoms. The number of hydrogen-bond donors (Lipinski definition) is 0. The molecule has 17 heavy (non-hydrogen) atoms. The Balaban J connectivity index is 2.06. The van der Waals surface area contributed by atoms with Crippen LogP contribution in [-0.2, 0) is 19.8 Å². The van der Waals surface area contributed by atoms with Crippen molar-refractivity contribution in [1.82, 2.24) is 0 Å².